The van der Waals surface area contributed by atoms with Crippen LogP contribution in [0.15, 0.2) is 39.3 Å². The van der Waals surface area contributed by atoms with E-state index in [1.807, 2.05) is 12.1 Å². The molecule has 0 atom stereocenters. The van der Waals surface area contributed by atoms with E-state index < -0.39 is 10.0 Å². The van der Waals surface area contributed by atoms with Crippen molar-refractivity contribution in [2.45, 2.75) is 17.9 Å². The van der Waals surface area contributed by atoms with Crippen molar-refractivity contribution in [3.63, 3.8) is 0 Å². The second kappa shape index (κ2) is 6.97. The second-order valence-corrected chi connectivity index (χ2v) is 8.91. The Kier molecular flexibility index (Phi) is 5.50. The fourth-order valence-electron chi connectivity index (χ4n) is 1.78. The molecule has 0 bridgehead atoms. The zero-order valence-corrected chi connectivity index (χ0v) is 14.6. The van der Waals surface area contributed by atoms with Crippen LogP contribution in [-0.4, -0.2) is 36.4 Å². The van der Waals surface area contributed by atoms with Crippen LogP contribution >= 0.6 is 27.3 Å². The van der Waals surface area contributed by atoms with E-state index in [1.54, 1.807) is 19.4 Å². The van der Waals surface area contributed by atoms with Gasteiger partial charge in [-0.3, -0.25) is 4.98 Å². The minimum absolute atomic E-state index is 0.167. The van der Waals surface area contributed by atoms with Gasteiger partial charge < -0.3 is 5.11 Å². The standard InChI is InChI=1S/C13H15BrN2O3S2/c1-16(7-4-10-2-5-15-6-3-10)21(18,19)12-8-11(9-17)20-13(12)14/h2-3,5-6,8,17H,4,7,9H2,1H3. The Morgan fingerprint density at radius 1 is 1.38 bits per heavy atom. The molecule has 0 radical (unpaired) electrons. The van der Waals surface area contributed by atoms with Crippen LogP contribution in [0.2, 0.25) is 0 Å². The molecule has 1 N–H and O–H groups in total. The number of pyridine rings is 1. The van der Waals surface area contributed by atoms with Gasteiger partial charge >= 0.3 is 0 Å². The smallest absolute Gasteiger partial charge is 0.244 e. The summed E-state index contributed by atoms with van der Waals surface area (Å²) in [7, 11) is -2.00. The first-order chi connectivity index (χ1) is 9.95. The van der Waals surface area contributed by atoms with Crippen LogP contribution in [0.1, 0.15) is 10.4 Å². The van der Waals surface area contributed by atoms with Gasteiger partial charge in [0.15, 0.2) is 0 Å². The van der Waals surface area contributed by atoms with Gasteiger partial charge in [-0.25, -0.2) is 12.7 Å². The zero-order chi connectivity index (χ0) is 15.5. The van der Waals surface area contributed by atoms with Crippen molar-refractivity contribution >= 4 is 37.3 Å². The monoisotopic (exact) mass is 390 g/mol. The third-order valence-corrected chi connectivity index (χ3v) is 7.11. The van der Waals surface area contributed by atoms with Crippen LogP contribution in [-0.2, 0) is 23.1 Å². The number of sulfonamides is 1. The number of aliphatic hydroxyl groups is 1. The maximum absolute atomic E-state index is 12.5. The highest BCUT2D eigenvalue weighted by Gasteiger charge is 2.25. The molecule has 8 heteroatoms. The molecule has 2 heterocycles. The molecule has 2 aromatic rings. The first-order valence-electron chi connectivity index (χ1n) is 6.19. The highest BCUT2D eigenvalue weighted by Crippen LogP contribution is 2.33. The molecule has 114 valence electrons. The van der Waals surface area contributed by atoms with Crippen LogP contribution in [0.5, 0.6) is 0 Å². The normalized spacial score (nSPS) is 12.0. The molecule has 2 aromatic heterocycles. The fourth-order valence-corrected chi connectivity index (χ4v) is 5.44. The number of halogens is 1. The van der Waals surface area contributed by atoms with Gasteiger partial charge in [-0.05, 0) is 46.1 Å². The lowest BCUT2D eigenvalue weighted by molar-refractivity contribution is 0.285. The number of aromatic nitrogens is 1. The minimum Gasteiger partial charge on any atom is -0.391 e. The van der Waals surface area contributed by atoms with E-state index in [9.17, 15) is 8.42 Å². The average molecular weight is 391 g/mol. The highest BCUT2D eigenvalue weighted by atomic mass is 79.9. The summed E-state index contributed by atoms with van der Waals surface area (Å²) in [4.78, 5) is 4.75. The number of likely N-dealkylation sites (N-methyl/N-ethyl adjacent to an activating group) is 1. The molecule has 0 amide bonds. The lowest BCUT2D eigenvalue weighted by Crippen LogP contribution is -2.29. The van der Waals surface area contributed by atoms with E-state index in [-0.39, 0.29) is 11.5 Å². The fraction of sp³-hybridized carbons (Fsp3) is 0.308. The molecule has 0 aliphatic rings. The predicted molar refractivity (Wildman–Crippen MR) is 85.7 cm³/mol. The first kappa shape index (κ1) is 16.6. The summed E-state index contributed by atoms with van der Waals surface area (Å²) in [6.07, 6.45) is 3.99. The summed E-state index contributed by atoms with van der Waals surface area (Å²) in [5, 5.41) is 9.11. The first-order valence-corrected chi connectivity index (χ1v) is 9.24. The van der Waals surface area contributed by atoms with Crippen LogP contribution in [0, 0.1) is 0 Å². The maximum Gasteiger partial charge on any atom is 0.244 e. The van der Waals surface area contributed by atoms with Gasteiger partial charge in [-0.1, -0.05) is 0 Å². The summed E-state index contributed by atoms with van der Waals surface area (Å²) in [5.74, 6) is 0. The summed E-state index contributed by atoms with van der Waals surface area (Å²) < 4.78 is 26.9. The van der Waals surface area contributed by atoms with Crippen molar-refractivity contribution in [3.05, 3.63) is 44.8 Å². The van der Waals surface area contributed by atoms with Gasteiger partial charge in [0.25, 0.3) is 0 Å². The van der Waals surface area contributed by atoms with E-state index in [1.165, 1.54) is 21.7 Å². The van der Waals surface area contributed by atoms with E-state index in [0.717, 1.165) is 5.56 Å². The minimum atomic E-state index is -3.56. The van der Waals surface area contributed by atoms with Crippen LogP contribution in [0.25, 0.3) is 0 Å². The van der Waals surface area contributed by atoms with Crippen molar-refractivity contribution in [3.8, 4) is 0 Å². The summed E-state index contributed by atoms with van der Waals surface area (Å²) in [5.41, 5.74) is 1.03. The quantitative estimate of drug-likeness (QED) is 0.820. The van der Waals surface area contributed by atoms with Gasteiger partial charge in [-0.2, -0.15) is 0 Å². The molecule has 0 saturated heterocycles. The van der Waals surface area contributed by atoms with Crippen molar-refractivity contribution in [1.29, 1.82) is 0 Å². The van der Waals surface area contributed by atoms with E-state index >= 15 is 0 Å². The molecule has 0 aliphatic carbocycles. The van der Waals surface area contributed by atoms with Gasteiger partial charge in [0, 0.05) is 30.9 Å². The van der Waals surface area contributed by atoms with E-state index in [2.05, 4.69) is 20.9 Å². The Balaban J connectivity index is 2.13. The van der Waals surface area contributed by atoms with Crippen LogP contribution in [0.4, 0.5) is 0 Å². The molecule has 0 aromatic carbocycles. The Hall–Kier alpha value is -0.800. The van der Waals surface area contributed by atoms with Crippen molar-refractivity contribution in [2.24, 2.45) is 0 Å². The van der Waals surface area contributed by atoms with Gasteiger partial charge in [0.1, 0.15) is 4.90 Å². The molecule has 0 aliphatic heterocycles. The van der Waals surface area contributed by atoms with Crippen molar-refractivity contribution in [1.82, 2.24) is 9.29 Å². The summed E-state index contributed by atoms with van der Waals surface area (Å²) in [6.45, 7) is 0.211. The molecule has 2 rings (SSSR count). The Morgan fingerprint density at radius 2 is 2.05 bits per heavy atom. The SMILES string of the molecule is CN(CCc1ccncc1)S(=O)(=O)c1cc(CO)sc1Br. The maximum atomic E-state index is 12.5. The molecule has 21 heavy (non-hydrogen) atoms. The Morgan fingerprint density at radius 3 is 2.62 bits per heavy atom. The predicted octanol–water partition coefficient (Wildman–Crippen LogP) is 2.26. The van der Waals surface area contributed by atoms with Gasteiger partial charge in [0.2, 0.25) is 10.0 Å². The molecule has 0 saturated carbocycles. The topological polar surface area (TPSA) is 70.5 Å². The summed E-state index contributed by atoms with van der Waals surface area (Å²) >= 11 is 4.48. The highest BCUT2D eigenvalue weighted by molar-refractivity contribution is 9.11. The van der Waals surface area contributed by atoms with Crippen molar-refractivity contribution in [2.75, 3.05) is 13.6 Å². The molecular weight excluding hydrogens is 376 g/mol. The molecule has 0 fully saturated rings. The number of nitrogens with zero attached hydrogens (tertiary/aromatic N) is 2. The lowest BCUT2D eigenvalue weighted by atomic mass is 10.2. The molecule has 5 nitrogen and oxygen atoms in total. The van der Waals surface area contributed by atoms with Crippen LogP contribution < -0.4 is 0 Å². The number of rotatable bonds is 6. The lowest BCUT2D eigenvalue weighted by Gasteiger charge is -2.16. The van der Waals surface area contributed by atoms with Gasteiger partial charge in [0.05, 0.1) is 10.4 Å². The van der Waals surface area contributed by atoms with Gasteiger partial charge in [-0.15, -0.1) is 11.3 Å². The van der Waals surface area contributed by atoms with Crippen LogP contribution in [0.3, 0.4) is 0 Å². The number of thiophene rings is 1. The zero-order valence-electron chi connectivity index (χ0n) is 11.4. The number of aliphatic hydroxyl groups excluding tert-OH is 1. The van der Waals surface area contributed by atoms with Crippen molar-refractivity contribution < 1.29 is 13.5 Å². The summed E-state index contributed by atoms with van der Waals surface area (Å²) in [6, 6.07) is 5.24. The second-order valence-electron chi connectivity index (χ2n) is 4.44. The molecule has 0 unspecified atom stereocenters. The molecular formula is C13H15BrN2O3S2. The third-order valence-electron chi connectivity index (χ3n) is 3.02. The number of hydrogen-bond donors (Lipinski definition) is 1. The Bertz CT molecular complexity index is 701. The van der Waals surface area contributed by atoms with E-state index in [4.69, 9.17) is 5.11 Å². The number of hydrogen-bond acceptors (Lipinski definition) is 5. The average Bonchev–Trinajstić information content (AvgIpc) is 2.87. The third kappa shape index (κ3) is 3.89. The van der Waals surface area contributed by atoms with E-state index in [0.29, 0.717) is 21.6 Å². The Labute approximate surface area is 136 Å². The largest absolute Gasteiger partial charge is 0.391 e. The molecule has 0 spiro atoms.